The zero-order valence-electron chi connectivity index (χ0n) is 6.37. The summed E-state index contributed by atoms with van der Waals surface area (Å²) in [7, 11) is 0. The van der Waals surface area contributed by atoms with Crippen molar-refractivity contribution in [3.63, 3.8) is 0 Å². The Labute approximate surface area is 65.2 Å². The molecular formula is C9H10O2. The van der Waals surface area contributed by atoms with Crippen molar-refractivity contribution in [1.29, 1.82) is 0 Å². The van der Waals surface area contributed by atoms with E-state index in [1.165, 1.54) is 0 Å². The van der Waals surface area contributed by atoms with E-state index in [-0.39, 0.29) is 11.3 Å². The van der Waals surface area contributed by atoms with E-state index in [1.807, 2.05) is 25.0 Å². The SMILES string of the molecule is CC12C=CC(C1)C(O)C2=C=O. The summed E-state index contributed by atoms with van der Waals surface area (Å²) < 4.78 is 0. The Morgan fingerprint density at radius 3 is 2.91 bits per heavy atom. The maximum Gasteiger partial charge on any atom is 0.127 e. The van der Waals surface area contributed by atoms with Crippen LogP contribution in [0.3, 0.4) is 0 Å². The largest absolute Gasteiger partial charge is 0.387 e. The van der Waals surface area contributed by atoms with Gasteiger partial charge in [-0.25, -0.2) is 4.79 Å². The third kappa shape index (κ3) is 0.684. The normalized spacial score (nSPS) is 46.5. The molecule has 11 heavy (non-hydrogen) atoms. The molecule has 0 aromatic rings. The van der Waals surface area contributed by atoms with Crippen LogP contribution in [0.5, 0.6) is 0 Å². The molecule has 0 radical (unpaired) electrons. The zero-order valence-corrected chi connectivity index (χ0v) is 6.37. The van der Waals surface area contributed by atoms with E-state index in [0.717, 1.165) is 6.42 Å². The lowest BCUT2D eigenvalue weighted by Crippen LogP contribution is -2.20. The number of fused-ring (bicyclic) bond motifs is 2. The average Bonchev–Trinajstić information content (AvgIpc) is 2.42. The first-order valence-electron chi connectivity index (χ1n) is 3.80. The van der Waals surface area contributed by atoms with Crippen molar-refractivity contribution in [2.45, 2.75) is 19.4 Å². The van der Waals surface area contributed by atoms with E-state index in [1.54, 1.807) is 0 Å². The quantitative estimate of drug-likeness (QED) is 0.407. The van der Waals surface area contributed by atoms with Gasteiger partial charge in [0.15, 0.2) is 0 Å². The summed E-state index contributed by atoms with van der Waals surface area (Å²) in [6.07, 6.45) is 4.30. The number of aliphatic hydroxyl groups excluding tert-OH is 1. The van der Waals surface area contributed by atoms with Crippen molar-refractivity contribution >= 4 is 5.94 Å². The Morgan fingerprint density at radius 2 is 2.55 bits per heavy atom. The summed E-state index contributed by atoms with van der Waals surface area (Å²) in [5, 5.41) is 9.49. The first-order valence-corrected chi connectivity index (χ1v) is 3.80. The Morgan fingerprint density at radius 1 is 1.82 bits per heavy atom. The second kappa shape index (κ2) is 1.84. The molecule has 2 nitrogen and oxygen atoms in total. The first kappa shape index (κ1) is 6.84. The van der Waals surface area contributed by atoms with Gasteiger partial charge in [-0.1, -0.05) is 19.1 Å². The predicted octanol–water partition coefficient (Wildman–Crippen LogP) is 0.701. The molecule has 1 saturated carbocycles. The van der Waals surface area contributed by atoms with Gasteiger partial charge in [-0.3, -0.25) is 0 Å². The van der Waals surface area contributed by atoms with Crippen LogP contribution in [0.2, 0.25) is 0 Å². The zero-order chi connectivity index (χ0) is 8.06. The second-order valence-electron chi connectivity index (χ2n) is 3.61. The molecule has 0 spiro atoms. The van der Waals surface area contributed by atoms with Gasteiger partial charge in [0, 0.05) is 11.3 Å². The molecule has 1 fully saturated rings. The summed E-state index contributed by atoms with van der Waals surface area (Å²) in [4.78, 5) is 10.5. The Balaban J connectivity index is 2.53. The fraction of sp³-hybridized carbons (Fsp3) is 0.556. The Bertz CT molecular complexity index is 273. The molecule has 58 valence electrons. The highest BCUT2D eigenvalue weighted by Gasteiger charge is 2.48. The molecule has 0 heterocycles. The van der Waals surface area contributed by atoms with E-state index in [0.29, 0.717) is 5.57 Å². The minimum absolute atomic E-state index is 0.163. The molecule has 1 N–H and O–H groups in total. The van der Waals surface area contributed by atoms with E-state index in [9.17, 15) is 9.90 Å². The lowest BCUT2D eigenvalue weighted by molar-refractivity contribution is 0.184. The van der Waals surface area contributed by atoms with Gasteiger partial charge in [-0.15, -0.1) is 0 Å². The number of aliphatic hydroxyl groups is 1. The summed E-state index contributed by atoms with van der Waals surface area (Å²) in [6, 6.07) is 0. The number of carbonyl (C=O) groups excluding carboxylic acids is 1. The molecule has 0 aromatic carbocycles. The Kier molecular flexibility index (Phi) is 1.15. The van der Waals surface area contributed by atoms with Gasteiger partial charge < -0.3 is 5.11 Å². The van der Waals surface area contributed by atoms with E-state index in [2.05, 4.69) is 0 Å². The summed E-state index contributed by atoms with van der Waals surface area (Å²) in [5.74, 6) is 2.01. The Hall–Kier alpha value is -0.850. The van der Waals surface area contributed by atoms with Gasteiger partial charge in [-0.2, -0.15) is 0 Å². The monoisotopic (exact) mass is 150 g/mol. The number of rotatable bonds is 0. The van der Waals surface area contributed by atoms with Gasteiger partial charge in [0.25, 0.3) is 0 Å². The standard InChI is InChI=1S/C9H10O2/c1-9-3-2-6(4-9)8(11)7(9)5-10/h2-3,6,8,11H,4H2,1H3. The van der Waals surface area contributed by atoms with Crippen LogP contribution in [0.25, 0.3) is 0 Å². The van der Waals surface area contributed by atoms with Crippen molar-refractivity contribution in [2.24, 2.45) is 11.3 Å². The number of hydrogen-bond donors (Lipinski definition) is 1. The first-order chi connectivity index (χ1) is 5.17. The highest BCUT2D eigenvalue weighted by molar-refractivity contribution is 5.61. The topological polar surface area (TPSA) is 37.3 Å². The van der Waals surface area contributed by atoms with Gasteiger partial charge in [-0.05, 0) is 6.42 Å². The maximum atomic E-state index is 10.5. The van der Waals surface area contributed by atoms with Crippen LogP contribution in [0.15, 0.2) is 17.7 Å². The fourth-order valence-electron chi connectivity index (χ4n) is 2.11. The molecule has 2 heteroatoms. The van der Waals surface area contributed by atoms with Crippen molar-refractivity contribution < 1.29 is 9.90 Å². The number of hydrogen-bond acceptors (Lipinski definition) is 2. The molecule has 3 atom stereocenters. The van der Waals surface area contributed by atoms with Gasteiger partial charge in [0.1, 0.15) is 5.94 Å². The molecule has 0 amide bonds. The molecular weight excluding hydrogens is 140 g/mol. The van der Waals surface area contributed by atoms with Crippen LogP contribution in [-0.4, -0.2) is 17.2 Å². The second-order valence-corrected chi connectivity index (χ2v) is 3.61. The third-order valence-electron chi connectivity index (χ3n) is 2.80. The number of allylic oxidation sites excluding steroid dienone is 1. The van der Waals surface area contributed by atoms with Gasteiger partial charge >= 0.3 is 0 Å². The highest BCUT2D eigenvalue weighted by atomic mass is 16.3. The molecule has 2 aliphatic rings. The smallest absolute Gasteiger partial charge is 0.127 e. The fourth-order valence-corrected chi connectivity index (χ4v) is 2.11. The molecule has 2 aliphatic carbocycles. The lowest BCUT2D eigenvalue weighted by atomic mass is 9.85. The highest BCUT2D eigenvalue weighted by Crippen LogP contribution is 2.51. The summed E-state index contributed by atoms with van der Waals surface area (Å²) >= 11 is 0. The molecule has 2 rings (SSSR count). The van der Waals surface area contributed by atoms with E-state index in [4.69, 9.17) is 0 Å². The predicted molar refractivity (Wildman–Crippen MR) is 40.6 cm³/mol. The van der Waals surface area contributed by atoms with Crippen molar-refractivity contribution in [3.8, 4) is 0 Å². The van der Waals surface area contributed by atoms with Crippen LogP contribution in [0, 0.1) is 11.3 Å². The van der Waals surface area contributed by atoms with E-state index < -0.39 is 6.10 Å². The van der Waals surface area contributed by atoms with E-state index >= 15 is 0 Å². The minimum atomic E-state index is -0.567. The van der Waals surface area contributed by atoms with Crippen LogP contribution in [0.1, 0.15) is 13.3 Å². The molecule has 3 unspecified atom stereocenters. The molecule has 0 aliphatic heterocycles. The molecule has 0 aromatic heterocycles. The summed E-state index contributed by atoms with van der Waals surface area (Å²) in [5.41, 5.74) is 0.344. The molecule has 0 saturated heterocycles. The van der Waals surface area contributed by atoms with Crippen molar-refractivity contribution in [2.75, 3.05) is 0 Å². The van der Waals surface area contributed by atoms with Crippen molar-refractivity contribution in [3.05, 3.63) is 17.7 Å². The van der Waals surface area contributed by atoms with Crippen molar-refractivity contribution in [1.82, 2.24) is 0 Å². The van der Waals surface area contributed by atoms with Crippen LogP contribution >= 0.6 is 0 Å². The summed E-state index contributed by atoms with van der Waals surface area (Å²) in [6.45, 7) is 1.97. The van der Waals surface area contributed by atoms with Crippen LogP contribution < -0.4 is 0 Å². The van der Waals surface area contributed by atoms with Crippen LogP contribution in [0.4, 0.5) is 0 Å². The van der Waals surface area contributed by atoms with Crippen LogP contribution in [-0.2, 0) is 4.79 Å². The minimum Gasteiger partial charge on any atom is -0.387 e. The average molecular weight is 150 g/mol. The third-order valence-corrected chi connectivity index (χ3v) is 2.80. The molecule has 2 bridgehead atoms. The van der Waals surface area contributed by atoms with Gasteiger partial charge in [0.05, 0.1) is 11.7 Å². The van der Waals surface area contributed by atoms with Gasteiger partial charge in [0.2, 0.25) is 0 Å². The lowest BCUT2D eigenvalue weighted by Gasteiger charge is -2.19. The maximum absolute atomic E-state index is 10.5.